The maximum absolute atomic E-state index is 13.5. The molecule has 4 heteroatoms. The highest BCUT2D eigenvalue weighted by molar-refractivity contribution is 9.10. The fraction of sp³-hybridized carbons (Fsp3) is 0.455. The van der Waals surface area contributed by atoms with Crippen molar-refractivity contribution in [3.63, 3.8) is 0 Å². The summed E-state index contributed by atoms with van der Waals surface area (Å²) < 4.78 is 14.4. The van der Waals surface area contributed by atoms with E-state index < -0.39 is 0 Å². The van der Waals surface area contributed by atoms with E-state index in [0.29, 0.717) is 12.1 Å². The minimum absolute atomic E-state index is 0.0334. The van der Waals surface area contributed by atoms with Crippen LogP contribution in [0.4, 0.5) is 4.39 Å². The molecular formula is C11H16BrFN2. The van der Waals surface area contributed by atoms with E-state index >= 15 is 0 Å². The number of benzene rings is 1. The molecule has 0 fully saturated rings. The predicted octanol–water partition coefficient (Wildman–Crippen LogP) is 2.54. The maximum atomic E-state index is 13.5. The van der Waals surface area contributed by atoms with Gasteiger partial charge in [0.2, 0.25) is 0 Å². The highest BCUT2D eigenvalue weighted by Crippen LogP contribution is 2.24. The van der Waals surface area contributed by atoms with E-state index in [0.717, 1.165) is 11.0 Å². The van der Waals surface area contributed by atoms with Gasteiger partial charge in [-0.15, -0.1) is 0 Å². The lowest BCUT2D eigenvalue weighted by Gasteiger charge is -2.24. The van der Waals surface area contributed by atoms with Crippen LogP contribution in [0.1, 0.15) is 18.5 Å². The second-order valence-corrected chi connectivity index (χ2v) is 4.53. The molecule has 0 saturated carbocycles. The molecule has 0 aliphatic heterocycles. The fourth-order valence-electron chi connectivity index (χ4n) is 1.47. The molecule has 0 aromatic heterocycles. The van der Waals surface area contributed by atoms with Crippen LogP contribution >= 0.6 is 15.9 Å². The Bertz CT molecular complexity index is 330. The molecule has 1 aromatic carbocycles. The van der Waals surface area contributed by atoms with Gasteiger partial charge in [-0.25, -0.2) is 4.39 Å². The van der Waals surface area contributed by atoms with E-state index in [1.54, 1.807) is 6.07 Å². The summed E-state index contributed by atoms with van der Waals surface area (Å²) in [4.78, 5) is 2.03. The number of halogens is 2. The summed E-state index contributed by atoms with van der Waals surface area (Å²) in [6.45, 7) is 3.31. The fourth-order valence-corrected chi connectivity index (χ4v) is 1.85. The van der Waals surface area contributed by atoms with Gasteiger partial charge < -0.3 is 5.73 Å². The Morgan fingerprint density at radius 3 is 2.80 bits per heavy atom. The molecule has 2 nitrogen and oxygen atoms in total. The Hall–Kier alpha value is -0.450. The Labute approximate surface area is 98.4 Å². The lowest BCUT2D eigenvalue weighted by molar-refractivity contribution is 0.263. The van der Waals surface area contributed by atoms with Crippen molar-refractivity contribution in [2.75, 3.05) is 20.1 Å². The first-order valence-electron chi connectivity index (χ1n) is 4.91. The van der Waals surface area contributed by atoms with Gasteiger partial charge in [0.1, 0.15) is 5.82 Å². The van der Waals surface area contributed by atoms with Crippen LogP contribution in [0.15, 0.2) is 22.7 Å². The summed E-state index contributed by atoms with van der Waals surface area (Å²) in [7, 11) is 1.94. The van der Waals surface area contributed by atoms with Gasteiger partial charge in [-0.1, -0.05) is 15.9 Å². The summed E-state index contributed by atoms with van der Waals surface area (Å²) in [5, 5.41) is 0. The number of nitrogens with zero attached hydrogens (tertiary/aromatic N) is 1. The number of rotatable bonds is 4. The summed E-state index contributed by atoms with van der Waals surface area (Å²) >= 11 is 3.34. The quantitative estimate of drug-likeness (QED) is 0.915. The molecule has 0 amide bonds. The molecule has 15 heavy (non-hydrogen) atoms. The van der Waals surface area contributed by atoms with Crippen molar-refractivity contribution in [2.24, 2.45) is 5.73 Å². The number of nitrogens with two attached hydrogens (primary N) is 1. The Morgan fingerprint density at radius 1 is 1.53 bits per heavy atom. The second-order valence-electron chi connectivity index (χ2n) is 3.61. The molecule has 0 aliphatic rings. The standard InChI is InChI=1S/C11H16BrFN2/c1-8(15(2)6-5-14)10-7-9(12)3-4-11(10)13/h3-4,7-8H,5-6,14H2,1-2H3. The zero-order chi connectivity index (χ0) is 11.4. The number of likely N-dealkylation sites (N-methyl/N-ethyl adjacent to an activating group) is 1. The molecule has 2 N–H and O–H groups in total. The molecular weight excluding hydrogens is 259 g/mol. The second kappa shape index (κ2) is 5.58. The highest BCUT2D eigenvalue weighted by atomic mass is 79.9. The Morgan fingerprint density at radius 2 is 2.20 bits per heavy atom. The van der Waals surface area contributed by atoms with Gasteiger partial charge in [-0.2, -0.15) is 0 Å². The molecule has 1 aromatic rings. The van der Waals surface area contributed by atoms with Gasteiger partial charge in [-0.3, -0.25) is 4.90 Å². The molecule has 0 radical (unpaired) electrons. The largest absolute Gasteiger partial charge is 0.329 e. The lowest BCUT2D eigenvalue weighted by Crippen LogP contribution is -2.28. The average molecular weight is 275 g/mol. The third-order valence-electron chi connectivity index (χ3n) is 2.55. The van der Waals surface area contributed by atoms with Crippen LogP contribution in [0, 0.1) is 5.82 Å². The van der Waals surface area contributed by atoms with Crippen LogP contribution in [0.2, 0.25) is 0 Å². The topological polar surface area (TPSA) is 29.3 Å². The summed E-state index contributed by atoms with van der Waals surface area (Å²) in [5.41, 5.74) is 6.16. The van der Waals surface area contributed by atoms with E-state index in [1.807, 2.05) is 24.9 Å². The van der Waals surface area contributed by atoms with Crippen LogP contribution in [-0.2, 0) is 0 Å². The third-order valence-corrected chi connectivity index (χ3v) is 3.04. The van der Waals surface area contributed by atoms with Gasteiger partial charge in [0.25, 0.3) is 0 Å². The zero-order valence-corrected chi connectivity index (χ0v) is 10.6. The predicted molar refractivity (Wildman–Crippen MR) is 64.2 cm³/mol. The van der Waals surface area contributed by atoms with Gasteiger partial charge in [0, 0.05) is 29.2 Å². The first-order chi connectivity index (χ1) is 7.06. The van der Waals surface area contributed by atoms with Crippen molar-refractivity contribution in [3.05, 3.63) is 34.1 Å². The smallest absolute Gasteiger partial charge is 0.128 e. The Kier molecular flexibility index (Phi) is 4.70. The van der Waals surface area contributed by atoms with E-state index in [-0.39, 0.29) is 11.9 Å². The van der Waals surface area contributed by atoms with Gasteiger partial charge in [0.15, 0.2) is 0 Å². The van der Waals surface area contributed by atoms with Crippen LogP contribution in [0.25, 0.3) is 0 Å². The van der Waals surface area contributed by atoms with Crippen molar-refractivity contribution < 1.29 is 4.39 Å². The van der Waals surface area contributed by atoms with E-state index in [4.69, 9.17) is 5.73 Å². The normalized spacial score (nSPS) is 13.2. The first kappa shape index (κ1) is 12.6. The minimum Gasteiger partial charge on any atom is -0.329 e. The monoisotopic (exact) mass is 274 g/mol. The lowest BCUT2D eigenvalue weighted by atomic mass is 10.1. The zero-order valence-electron chi connectivity index (χ0n) is 9.00. The van der Waals surface area contributed by atoms with Crippen molar-refractivity contribution in [3.8, 4) is 0 Å². The molecule has 0 saturated heterocycles. The van der Waals surface area contributed by atoms with Crippen molar-refractivity contribution in [2.45, 2.75) is 13.0 Å². The van der Waals surface area contributed by atoms with Crippen molar-refractivity contribution in [1.29, 1.82) is 0 Å². The van der Waals surface area contributed by atoms with Crippen LogP contribution in [-0.4, -0.2) is 25.0 Å². The maximum Gasteiger partial charge on any atom is 0.128 e. The molecule has 0 spiro atoms. The SMILES string of the molecule is CC(c1cc(Br)ccc1F)N(C)CCN. The van der Waals surface area contributed by atoms with E-state index in [2.05, 4.69) is 15.9 Å². The summed E-state index contributed by atoms with van der Waals surface area (Å²) in [5.74, 6) is -0.172. The summed E-state index contributed by atoms with van der Waals surface area (Å²) in [6.07, 6.45) is 0. The summed E-state index contributed by atoms with van der Waals surface area (Å²) in [6, 6.07) is 5.03. The van der Waals surface area contributed by atoms with Gasteiger partial charge in [0.05, 0.1) is 0 Å². The van der Waals surface area contributed by atoms with Crippen molar-refractivity contribution in [1.82, 2.24) is 4.90 Å². The molecule has 0 aliphatic carbocycles. The van der Waals surface area contributed by atoms with Gasteiger partial charge >= 0.3 is 0 Å². The minimum atomic E-state index is -0.172. The van der Waals surface area contributed by atoms with E-state index in [1.165, 1.54) is 6.07 Å². The highest BCUT2D eigenvalue weighted by Gasteiger charge is 2.15. The Balaban J connectivity index is 2.89. The number of hydrogen-bond donors (Lipinski definition) is 1. The third kappa shape index (κ3) is 3.26. The van der Waals surface area contributed by atoms with E-state index in [9.17, 15) is 4.39 Å². The number of hydrogen-bond acceptors (Lipinski definition) is 2. The van der Waals surface area contributed by atoms with Crippen LogP contribution in [0.5, 0.6) is 0 Å². The molecule has 1 rings (SSSR count). The van der Waals surface area contributed by atoms with Crippen molar-refractivity contribution >= 4 is 15.9 Å². The molecule has 0 bridgehead atoms. The molecule has 1 unspecified atom stereocenters. The molecule has 0 heterocycles. The first-order valence-corrected chi connectivity index (χ1v) is 5.70. The van der Waals surface area contributed by atoms with Crippen LogP contribution in [0.3, 0.4) is 0 Å². The van der Waals surface area contributed by atoms with Crippen LogP contribution < -0.4 is 5.73 Å². The molecule has 84 valence electrons. The van der Waals surface area contributed by atoms with Gasteiger partial charge in [-0.05, 0) is 32.2 Å². The molecule has 1 atom stereocenters. The average Bonchev–Trinajstić information content (AvgIpc) is 2.21.